The largest absolute Gasteiger partial charge is 0.328 e. The van der Waals surface area contributed by atoms with Crippen LogP contribution >= 0.6 is 7.37 Å². The van der Waals surface area contributed by atoms with E-state index in [0.717, 1.165) is 0 Å². The first kappa shape index (κ1) is 15.4. The van der Waals surface area contributed by atoms with E-state index in [0.29, 0.717) is 58.0 Å². The summed E-state index contributed by atoms with van der Waals surface area (Å²) in [5.41, 5.74) is 0.00113. The smallest absolute Gasteiger partial charge is 0.209 e. The Morgan fingerprint density at radius 2 is 1.26 bits per heavy atom. The Kier molecular flexibility index (Phi) is 5.42. The van der Waals surface area contributed by atoms with Crippen LogP contribution in [0.3, 0.4) is 0 Å². The molecule has 2 aliphatic rings. The van der Waals surface area contributed by atoms with Crippen LogP contribution in [-0.2, 0) is 9.09 Å². The van der Waals surface area contributed by atoms with Crippen LogP contribution in [0.15, 0.2) is 0 Å². The van der Waals surface area contributed by atoms with Crippen molar-refractivity contribution in [2.75, 3.05) is 6.61 Å². The van der Waals surface area contributed by atoms with Crippen molar-refractivity contribution in [3.63, 3.8) is 0 Å². The molecular weight excluding hydrogens is 269 g/mol. The van der Waals surface area contributed by atoms with E-state index < -0.39 is 19.7 Å². The van der Waals surface area contributed by atoms with Crippen LogP contribution in [-0.4, -0.2) is 30.3 Å². The van der Waals surface area contributed by atoms with Gasteiger partial charge in [-0.05, 0) is 58.3 Å². The minimum atomic E-state index is -2.76. The van der Waals surface area contributed by atoms with E-state index in [1.165, 1.54) is 0 Å². The molecule has 0 aromatic heterocycles. The average molecular weight is 294 g/mol. The fourth-order valence-corrected chi connectivity index (χ4v) is 6.96. The molecule has 0 saturated heterocycles. The minimum absolute atomic E-state index is 0.000566. The Hall–Kier alpha value is 0.0500. The number of hydrogen-bond acceptors (Lipinski definition) is 2. The Morgan fingerprint density at radius 1 is 0.895 bits per heavy atom. The third-order valence-electron chi connectivity index (χ3n) is 4.60. The van der Waals surface area contributed by atoms with Crippen molar-refractivity contribution in [3.05, 3.63) is 0 Å². The molecule has 19 heavy (non-hydrogen) atoms. The van der Waals surface area contributed by atoms with E-state index in [2.05, 4.69) is 0 Å². The molecule has 0 bridgehead atoms. The SMILES string of the molecule is CCOP(=O)(C1CCC(F)CC1)C1CCC(F)CC1. The van der Waals surface area contributed by atoms with Crippen LogP contribution < -0.4 is 0 Å². The van der Waals surface area contributed by atoms with Gasteiger partial charge < -0.3 is 4.52 Å². The second-order valence-electron chi connectivity index (χ2n) is 5.87. The normalized spacial score (nSPS) is 39.7. The van der Waals surface area contributed by atoms with Crippen LogP contribution in [0.1, 0.15) is 58.3 Å². The number of rotatable bonds is 4. The summed E-state index contributed by atoms with van der Waals surface area (Å²) in [5.74, 6) is 0. The van der Waals surface area contributed by atoms with Crippen LogP contribution in [0, 0.1) is 0 Å². The van der Waals surface area contributed by atoms with E-state index in [9.17, 15) is 13.3 Å². The third kappa shape index (κ3) is 3.58. The molecule has 0 amide bonds. The Balaban J connectivity index is 2.06. The molecule has 2 fully saturated rings. The highest BCUT2D eigenvalue weighted by Crippen LogP contribution is 2.63. The molecule has 2 nitrogen and oxygen atoms in total. The molecule has 112 valence electrons. The lowest BCUT2D eigenvalue weighted by Crippen LogP contribution is -2.29. The fourth-order valence-electron chi connectivity index (χ4n) is 3.50. The second kappa shape index (κ2) is 6.67. The Bertz CT molecular complexity index is 295. The number of hydrogen-bond donors (Lipinski definition) is 0. The number of halogens is 2. The van der Waals surface area contributed by atoms with Gasteiger partial charge in [0.05, 0.1) is 6.61 Å². The van der Waals surface area contributed by atoms with E-state index in [1.54, 1.807) is 0 Å². The molecule has 5 heteroatoms. The maximum Gasteiger partial charge on any atom is 0.209 e. The molecule has 2 saturated carbocycles. The highest BCUT2D eigenvalue weighted by atomic mass is 31.2. The monoisotopic (exact) mass is 294 g/mol. The van der Waals surface area contributed by atoms with Crippen LogP contribution in [0.4, 0.5) is 8.78 Å². The lowest BCUT2D eigenvalue weighted by atomic mass is 9.98. The quantitative estimate of drug-likeness (QED) is 0.692. The molecule has 0 radical (unpaired) electrons. The zero-order valence-corrected chi connectivity index (χ0v) is 12.6. The van der Waals surface area contributed by atoms with Gasteiger partial charge in [-0.2, -0.15) is 0 Å². The van der Waals surface area contributed by atoms with Gasteiger partial charge in [0.15, 0.2) is 0 Å². The second-order valence-corrected chi connectivity index (χ2v) is 8.88. The Morgan fingerprint density at radius 3 is 1.58 bits per heavy atom. The zero-order chi connectivity index (χ0) is 13.9. The molecular formula is C14H25F2O2P. The van der Waals surface area contributed by atoms with Crippen molar-refractivity contribution in [3.8, 4) is 0 Å². The molecule has 0 aromatic rings. The fraction of sp³-hybridized carbons (Fsp3) is 1.00. The van der Waals surface area contributed by atoms with Gasteiger partial charge in [0.1, 0.15) is 12.3 Å². The van der Waals surface area contributed by atoms with E-state index in [1.807, 2.05) is 6.92 Å². The molecule has 2 aliphatic carbocycles. The topological polar surface area (TPSA) is 26.3 Å². The average Bonchev–Trinajstić information content (AvgIpc) is 2.40. The van der Waals surface area contributed by atoms with Crippen molar-refractivity contribution in [1.29, 1.82) is 0 Å². The lowest BCUT2D eigenvalue weighted by Gasteiger charge is -2.38. The summed E-state index contributed by atoms with van der Waals surface area (Å²) in [5, 5.41) is 0. The molecule has 0 aromatic carbocycles. The van der Waals surface area contributed by atoms with Crippen molar-refractivity contribution < 1.29 is 17.9 Å². The summed E-state index contributed by atoms with van der Waals surface area (Å²) in [6, 6.07) is 0. The van der Waals surface area contributed by atoms with E-state index in [-0.39, 0.29) is 11.3 Å². The van der Waals surface area contributed by atoms with E-state index in [4.69, 9.17) is 4.52 Å². The van der Waals surface area contributed by atoms with Crippen molar-refractivity contribution >= 4 is 7.37 Å². The van der Waals surface area contributed by atoms with Gasteiger partial charge in [0.25, 0.3) is 0 Å². The molecule has 0 spiro atoms. The molecule has 0 N–H and O–H groups in total. The van der Waals surface area contributed by atoms with Crippen LogP contribution in [0.25, 0.3) is 0 Å². The van der Waals surface area contributed by atoms with Gasteiger partial charge in [0.2, 0.25) is 7.37 Å². The molecule has 0 heterocycles. The molecule has 0 atom stereocenters. The van der Waals surface area contributed by atoms with Crippen molar-refractivity contribution in [2.24, 2.45) is 0 Å². The molecule has 0 aliphatic heterocycles. The molecule has 0 unspecified atom stereocenters. The maximum atomic E-state index is 13.3. The summed E-state index contributed by atoms with van der Waals surface area (Å²) >= 11 is 0. The minimum Gasteiger partial charge on any atom is -0.328 e. The summed E-state index contributed by atoms with van der Waals surface area (Å²) in [7, 11) is -2.76. The van der Waals surface area contributed by atoms with E-state index >= 15 is 0 Å². The lowest BCUT2D eigenvalue weighted by molar-refractivity contribution is 0.223. The zero-order valence-electron chi connectivity index (χ0n) is 11.7. The highest BCUT2D eigenvalue weighted by Gasteiger charge is 2.44. The summed E-state index contributed by atoms with van der Waals surface area (Å²) in [4.78, 5) is 0. The first-order chi connectivity index (χ1) is 9.06. The first-order valence-corrected chi connectivity index (χ1v) is 9.34. The highest BCUT2D eigenvalue weighted by molar-refractivity contribution is 7.60. The van der Waals surface area contributed by atoms with Gasteiger partial charge in [-0.25, -0.2) is 8.78 Å². The standard InChI is InChI=1S/C14H25F2O2P/c1-2-18-19(17,13-7-3-11(15)4-8-13)14-9-5-12(16)6-10-14/h11-14H,2-10H2,1H3. The van der Waals surface area contributed by atoms with Crippen LogP contribution in [0.2, 0.25) is 0 Å². The predicted octanol–water partition coefficient (Wildman–Crippen LogP) is 4.86. The first-order valence-electron chi connectivity index (χ1n) is 7.58. The van der Waals surface area contributed by atoms with Crippen molar-refractivity contribution in [2.45, 2.75) is 82.0 Å². The van der Waals surface area contributed by atoms with Gasteiger partial charge >= 0.3 is 0 Å². The summed E-state index contributed by atoms with van der Waals surface area (Å²) in [6.45, 7) is 2.29. The summed E-state index contributed by atoms with van der Waals surface area (Å²) in [6.07, 6.45) is 3.16. The third-order valence-corrected chi connectivity index (χ3v) is 8.33. The Labute approximate surface area is 114 Å². The van der Waals surface area contributed by atoms with Crippen LogP contribution in [0.5, 0.6) is 0 Å². The predicted molar refractivity (Wildman–Crippen MR) is 73.5 cm³/mol. The van der Waals surface area contributed by atoms with Gasteiger partial charge in [-0.3, -0.25) is 4.57 Å². The summed E-state index contributed by atoms with van der Waals surface area (Å²) < 4.78 is 45.4. The maximum absolute atomic E-state index is 13.3. The van der Waals surface area contributed by atoms with Crippen molar-refractivity contribution in [1.82, 2.24) is 0 Å². The van der Waals surface area contributed by atoms with Gasteiger partial charge in [-0.15, -0.1) is 0 Å². The number of alkyl halides is 2. The molecule has 2 rings (SSSR count). The van der Waals surface area contributed by atoms with Gasteiger partial charge in [-0.1, -0.05) is 0 Å². The van der Waals surface area contributed by atoms with Gasteiger partial charge in [0, 0.05) is 11.3 Å².